The van der Waals surface area contributed by atoms with E-state index in [0.717, 1.165) is 24.2 Å². The van der Waals surface area contributed by atoms with Crippen molar-refractivity contribution in [3.8, 4) is 0 Å². The lowest BCUT2D eigenvalue weighted by Crippen LogP contribution is -2.25. The van der Waals surface area contributed by atoms with Crippen LogP contribution in [0.3, 0.4) is 0 Å². The van der Waals surface area contributed by atoms with Gasteiger partial charge in [0.15, 0.2) is 5.69 Å². The largest absolute Gasteiger partial charge is 0.465 e. The van der Waals surface area contributed by atoms with E-state index in [9.17, 15) is 9.59 Å². The first-order valence-electron chi connectivity index (χ1n) is 7.06. The van der Waals surface area contributed by atoms with E-state index in [4.69, 9.17) is 11.6 Å². The molecule has 1 aromatic carbocycles. The standard InChI is InChI=1S/C15H15ClN4O3.ClH/c1-23-15(22)9-3-2-8(6-11(9)16)18-14(21)13-10-7-17-5-4-12(10)19-20-13;/h2-3,6,17H,4-5,7H2,1H3,(H,18,21)(H,19,20);1H. The molecule has 1 aliphatic heterocycles. The summed E-state index contributed by atoms with van der Waals surface area (Å²) < 4.78 is 4.63. The number of esters is 1. The summed E-state index contributed by atoms with van der Waals surface area (Å²) in [5.74, 6) is -0.853. The maximum absolute atomic E-state index is 12.4. The number of anilines is 1. The van der Waals surface area contributed by atoms with Gasteiger partial charge in [0.2, 0.25) is 0 Å². The lowest BCUT2D eigenvalue weighted by molar-refractivity contribution is 0.0601. The fourth-order valence-electron chi connectivity index (χ4n) is 2.47. The van der Waals surface area contributed by atoms with Gasteiger partial charge in [0.05, 0.1) is 17.7 Å². The summed E-state index contributed by atoms with van der Waals surface area (Å²) in [6.07, 6.45) is 0.815. The highest BCUT2D eigenvalue weighted by Gasteiger charge is 2.22. The van der Waals surface area contributed by atoms with Gasteiger partial charge in [-0.3, -0.25) is 9.89 Å². The number of benzene rings is 1. The molecule has 0 radical (unpaired) electrons. The van der Waals surface area contributed by atoms with Gasteiger partial charge in [0, 0.05) is 36.5 Å². The number of nitrogens with zero attached hydrogens (tertiary/aromatic N) is 1. The molecule has 0 bridgehead atoms. The van der Waals surface area contributed by atoms with Crippen LogP contribution < -0.4 is 10.6 Å². The SMILES string of the molecule is COC(=O)c1ccc(NC(=O)c2n[nH]c3c2CNCC3)cc1Cl.Cl. The maximum atomic E-state index is 12.4. The molecule has 3 N–H and O–H groups in total. The highest BCUT2D eigenvalue weighted by Crippen LogP contribution is 2.23. The summed E-state index contributed by atoms with van der Waals surface area (Å²) in [7, 11) is 1.28. The molecule has 0 saturated heterocycles. The second-order valence-electron chi connectivity index (χ2n) is 5.10. The molecular weight excluding hydrogens is 355 g/mol. The Morgan fingerprint density at radius 3 is 2.88 bits per heavy atom. The number of aromatic nitrogens is 2. The van der Waals surface area contributed by atoms with Gasteiger partial charge in [-0.15, -0.1) is 12.4 Å². The number of rotatable bonds is 3. The van der Waals surface area contributed by atoms with E-state index < -0.39 is 5.97 Å². The summed E-state index contributed by atoms with van der Waals surface area (Å²) in [5.41, 5.74) is 2.95. The van der Waals surface area contributed by atoms with Crippen molar-refractivity contribution in [3.63, 3.8) is 0 Å². The van der Waals surface area contributed by atoms with E-state index in [-0.39, 0.29) is 28.9 Å². The van der Waals surface area contributed by atoms with Crippen LogP contribution in [-0.4, -0.2) is 35.7 Å². The number of carbonyl (C=O) groups excluding carboxylic acids is 2. The lowest BCUT2D eigenvalue weighted by atomic mass is 10.1. The zero-order valence-corrected chi connectivity index (χ0v) is 14.4. The second-order valence-corrected chi connectivity index (χ2v) is 5.50. The molecule has 0 atom stereocenters. The molecule has 1 aromatic heterocycles. The molecule has 3 rings (SSSR count). The summed E-state index contributed by atoms with van der Waals surface area (Å²) in [6, 6.07) is 4.60. The minimum Gasteiger partial charge on any atom is -0.465 e. The molecule has 0 saturated carbocycles. The van der Waals surface area contributed by atoms with Crippen LogP contribution in [0.15, 0.2) is 18.2 Å². The van der Waals surface area contributed by atoms with Crippen LogP contribution in [0.4, 0.5) is 5.69 Å². The third-order valence-electron chi connectivity index (χ3n) is 3.65. The number of fused-ring (bicyclic) bond motifs is 1. The summed E-state index contributed by atoms with van der Waals surface area (Å²) in [6.45, 7) is 1.47. The first-order valence-corrected chi connectivity index (χ1v) is 7.44. The van der Waals surface area contributed by atoms with Gasteiger partial charge in [0.1, 0.15) is 0 Å². The Hall–Kier alpha value is -2.09. The number of methoxy groups -OCH3 is 1. The monoisotopic (exact) mass is 370 g/mol. The van der Waals surface area contributed by atoms with Crippen LogP contribution in [0, 0.1) is 0 Å². The minimum atomic E-state index is -0.527. The van der Waals surface area contributed by atoms with E-state index in [1.54, 1.807) is 6.07 Å². The number of hydrogen-bond donors (Lipinski definition) is 3. The number of halogens is 2. The van der Waals surface area contributed by atoms with Gasteiger partial charge in [-0.1, -0.05) is 11.6 Å². The van der Waals surface area contributed by atoms with Gasteiger partial charge in [-0.2, -0.15) is 5.10 Å². The van der Waals surface area contributed by atoms with Gasteiger partial charge in [-0.25, -0.2) is 4.79 Å². The Morgan fingerprint density at radius 1 is 1.38 bits per heavy atom. The van der Waals surface area contributed by atoms with Gasteiger partial charge in [-0.05, 0) is 18.2 Å². The molecular formula is C15H16Cl2N4O3. The van der Waals surface area contributed by atoms with Crippen LogP contribution >= 0.6 is 24.0 Å². The molecule has 24 heavy (non-hydrogen) atoms. The number of H-pyrrole nitrogens is 1. The van der Waals surface area contributed by atoms with Crippen molar-refractivity contribution in [2.24, 2.45) is 0 Å². The van der Waals surface area contributed by atoms with Crippen LogP contribution in [0.1, 0.15) is 32.1 Å². The van der Waals surface area contributed by atoms with Crippen molar-refractivity contribution in [1.82, 2.24) is 15.5 Å². The van der Waals surface area contributed by atoms with Crippen molar-refractivity contribution >= 4 is 41.6 Å². The van der Waals surface area contributed by atoms with Gasteiger partial charge in [0.25, 0.3) is 5.91 Å². The molecule has 0 unspecified atom stereocenters. The molecule has 0 spiro atoms. The minimum absolute atomic E-state index is 0. The number of carbonyl (C=O) groups is 2. The Balaban J connectivity index is 0.00000208. The highest BCUT2D eigenvalue weighted by molar-refractivity contribution is 6.34. The number of hydrogen-bond acceptors (Lipinski definition) is 5. The van der Waals surface area contributed by atoms with Gasteiger partial charge >= 0.3 is 5.97 Å². The number of aromatic amines is 1. The quantitative estimate of drug-likeness (QED) is 0.719. The van der Waals surface area contributed by atoms with Crippen LogP contribution in [-0.2, 0) is 17.7 Å². The Kier molecular flexibility index (Phi) is 5.82. The maximum Gasteiger partial charge on any atom is 0.339 e. The Bertz CT molecular complexity index is 776. The third-order valence-corrected chi connectivity index (χ3v) is 3.97. The zero-order chi connectivity index (χ0) is 16.4. The molecule has 1 aliphatic rings. The molecule has 128 valence electrons. The summed E-state index contributed by atoms with van der Waals surface area (Å²) in [5, 5.41) is 13.1. The van der Waals surface area contributed by atoms with E-state index in [0.29, 0.717) is 17.9 Å². The first kappa shape index (κ1) is 18.3. The van der Waals surface area contributed by atoms with Crippen LogP contribution in [0.25, 0.3) is 0 Å². The van der Waals surface area contributed by atoms with Crippen molar-refractivity contribution < 1.29 is 14.3 Å². The van der Waals surface area contributed by atoms with E-state index in [2.05, 4.69) is 25.6 Å². The van der Waals surface area contributed by atoms with E-state index in [1.807, 2.05) is 0 Å². The molecule has 0 aliphatic carbocycles. The van der Waals surface area contributed by atoms with Crippen molar-refractivity contribution in [3.05, 3.63) is 45.7 Å². The Morgan fingerprint density at radius 2 is 2.17 bits per heavy atom. The topological polar surface area (TPSA) is 96.1 Å². The average Bonchev–Trinajstić information content (AvgIpc) is 2.98. The highest BCUT2D eigenvalue weighted by atomic mass is 35.5. The van der Waals surface area contributed by atoms with Crippen LogP contribution in [0.5, 0.6) is 0 Å². The fraction of sp³-hybridized carbons (Fsp3) is 0.267. The molecule has 2 heterocycles. The normalized spacial score (nSPS) is 12.8. The van der Waals surface area contributed by atoms with Crippen molar-refractivity contribution in [2.45, 2.75) is 13.0 Å². The number of amides is 1. The summed E-state index contributed by atoms with van der Waals surface area (Å²) >= 11 is 6.04. The lowest BCUT2D eigenvalue weighted by Gasteiger charge is -2.13. The predicted molar refractivity (Wildman–Crippen MR) is 92.0 cm³/mol. The predicted octanol–water partition coefficient (Wildman–Crippen LogP) is 2.17. The Labute approximate surface area is 149 Å². The molecule has 1 amide bonds. The molecule has 2 aromatic rings. The van der Waals surface area contributed by atoms with Crippen molar-refractivity contribution in [2.75, 3.05) is 19.0 Å². The van der Waals surface area contributed by atoms with Crippen molar-refractivity contribution in [1.29, 1.82) is 0 Å². The molecule has 0 fully saturated rings. The molecule has 9 heteroatoms. The fourth-order valence-corrected chi connectivity index (χ4v) is 2.73. The van der Waals surface area contributed by atoms with Gasteiger partial charge < -0.3 is 15.4 Å². The van der Waals surface area contributed by atoms with E-state index in [1.165, 1.54) is 19.2 Å². The summed E-state index contributed by atoms with van der Waals surface area (Å²) in [4.78, 5) is 23.9. The number of nitrogens with one attached hydrogen (secondary N) is 3. The first-order chi connectivity index (χ1) is 11.1. The zero-order valence-electron chi connectivity index (χ0n) is 12.8. The number of ether oxygens (including phenoxy) is 1. The molecule has 7 nitrogen and oxygen atoms in total. The van der Waals surface area contributed by atoms with E-state index >= 15 is 0 Å². The third kappa shape index (κ3) is 3.53. The second kappa shape index (κ2) is 7.65. The average molecular weight is 371 g/mol. The van der Waals surface area contributed by atoms with Crippen LogP contribution in [0.2, 0.25) is 5.02 Å². The smallest absolute Gasteiger partial charge is 0.339 e.